The van der Waals surface area contributed by atoms with E-state index in [0.29, 0.717) is 13.1 Å². The molecule has 0 aliphatic carbocycles. The van der Waals surface area contributed by atoms with E-state index in [1.54, 1.807) is 0 Å². The molecule has 0 aliphatic heterocycles. The first-order valence-electron chi connectivity index (χ1n) is 3.38. The van der Waals surface area contributed by atoms with E-state index in [1.165, 1.54) is 18.3 Å². The number of nitrogens with zero attached hydrogens (tertiary/aromatic N) is 1. The first kappa shape index (κ1) is 10.7. The number of nitrogens with two attached hydrogens (primary N) is 3. The summed E-state index contributed by atoms with van der Waals surface area (Å²) in [6, 6.07) is 0. The smallest absolute Gasteiger partial charge is 0.355 e. The van der Waals surface area contributed by atoms with Gasteiger partial charge >= 0.3 is 5.97 Å². The molecule has 0 aliphatic rings. The maximum Gasteiger partial charge on any atom is 0.355 e. The van der Waals surface area contributed by atoms with Crippen molar-refractivity contribution in [1.82, 2.24) is 5.01 Å². The second kappa shape index (κ2) is 5.39. The number of carbonyl (C=O) groups excluding carboxylic acids is 1. The van der Waals surface area contributed by atoms with E-state index in [0.717, 1.165) is 0 Å². The molecule has 0 fully saturated rings. The fourth-order valence-corrected chi connectivity index (χ4v) is 0.563. The Kier molecular flexibility index (Phi) is 4.82. The summed E-state index contributed by atoms with van der Waals surface area (Å²) in [4.78, 5) is 10.7. The monoisotopic (exact) mass is 174 g/mol. The van der Waals surface area contributed by atoms with Gasteiger partial charge in [-0.05, 0) is 0 Å². The third-order valence-electron chi connectivity index (χ3n) is 1.11. The van der Waals surface area contributed by atoms with Crippen LogP contribution in [0.25, 0.3) is 0 Å². The summed E-state index contributed by atoms with van der Waals surface area (Å²) in [5, 5.41) is 1.23. The molecule has 6 N–H and O–H groups in total. The van der Waals surface area contributed by atoms with Gasteiger partial charge in [-0.25, -0.2) is 10.6 Å². The fraction of sp³-hybridized carbons (Fsp3) is 0.500. The van der Waals surface area contributed by atoms with Crippen LogP contribution >= 0.6 is 0 Å². The summed E-state index contributed by atoms with van der Waals surface area (Å²) in [5.41, 5.74) is 10.4. The summed E-state index contributed by atoms with van der Waals surface area (Å²) < 4.78 is 4.35. The van der Waals surface area contributed by atoms with Crippen LogP contribution in [0.5, 0.6) is 0 Å². The Hall–Kier alpha value is -1.27. The quantitative estimate of drug-likeness (QED) is 0.199. The minimum absolute atomic E-state index is 0.0477. The highest BCUT2D eigenvalue weighted by Crippen LogP contribution is 1.89. The highest BCUT2D eigenvalue weighted by Gasteiger charge is 2.04. The van der Waals surface area contributed by atoms with Gasteiger partial charge in [-0.1, -0.05) is 0 Å². The average molecular weight is 174 g/mol. The molecule has 12 heavy (non-hydrogen) atoms. The van der Waals surface area contributed by atoms with E-state index in [2.05, 4.69) is 4.74 Å². The van der Waals surface area contributed by atoms with Gasteiger partial charge in [-0.3, -0.25) is 0 Å². The molecule has 0 amide bonds. The van der Waals surface area contributed by atoms with Gasteiger partial charge in [0, 0.05) is 19.3 Å². The second-order valence-electron chi connectivity index (χ2n) is 2.10. The molecule has 0 radical (unpaired) electrons. The van der Waals surface area contributed by atoms with Crippen molar-refractivity contribution in [2.75, 3.05) is 20.2 Å². The van der Waals surface area contributed by atoms with Crippen LogP contribution < -0.4 is 17.3 Å². The predicted molar refractivity (Wildman–Crippen MR) is 44.2 cm³/mol. The van der Waals surface area contributed by atoms with E-state index in [9.17, 15) is 4.79 Å². The summed E-state index contributed by atoms with van der Waals surface area (Å²) in [7, 11) is 1.24. The number of ether oxygens (including phenoxy) is 1. The molecule has 0 heterocycles. The molecular formula is C6H14N4O2. The predicted octanol–water partition coefficient (Wildman–Crippen LogP) is -1.91. The van der Waals surface area contributed by atoms with Crippen LogP contribution in [-0.4, -0.2) is 31.2 Å². The molecule has 6 nitrogen and oxygen atoms in total. The lowest BCUT2D eigenvalue weighted by Gasteiger charge is -2.12. The van der Waals surface area contributed by atoms with Gasteiger partial charge in [-0.15, -0.1) is 0 Å². The van der Waals surface area contributed by atoms with Crippen molar-refractivity contribution in [1.29, 1.82) is 0 Å². The third-order valence-corrected chi connectivity index (χ3v) is 1.11. The Balaban J connectivity index is 4.05. The van der Waals surface area contributed by atoms with Gasteiger partial charge < -0.3 is 21.2 Å². The number of carbonyl (C=O) groups is 1. The van der Waals surface area contributed by atoms with Crippen molar-refractivity contribution in [3.8, 4) is 0 Å². The number of hydrazine groups is 1. The molecule has 0 saturated heterocycles. The van der Waals surface area contributed by atoms with Crippen LogP contribution in [0.15, 0.2) is 11.9 Å². The minimum Gasteiger partial charge on any atom is -0.464 e. The lowest BCUT2D eigenvalue weighted by atomic mass is 10.5. The maximum atomic E-state index is 10.7. The first-order chi connectivity index (χ1) is 5.61. The molecule has 0 spiro atoms. The SMILES string of the molecule is COC(=O)/C(N)=C/N(N)CCN. The number of methoxy groups -OCH3 is 1. The third kappa shape index (κ3) is 3.79. The fourth-order valence-electron chi connectivity index (χ4n) is 0.563. The molecule has 0 bridgehead atoms. The van der Waals surface area contributed by atoms with Crippen molar-refractivity contribution in [2.24, 2.45) is 17.3 Å². The maximum absolute atomic E-state index is 10.7. The molecule has 0 aromatic rings. The summed E-state index contributed by atoms with van der Waals surface area (Å²) >= 11 is 0. The summed E-state index contributed by atoms with van der Waals surface area (Å²) in [6.45, 7) is 0.819. The Morgan fingerprint density at radius 3 is 2.67 bits per heavy atom. The summed E-state index contributed by atoms with van der Waals surface area (Å²) in [5.74, 6) is 4.76. The molecule has 0 aromatic carbocycles. The molecule has 70 valence electrons. The van der Waals surface area contributed by atoms with E-state index < -0.39 is 5.97 Å². The van der Waals surface area contributed by atoms with E-state index >= 15 is 0 Å². The standard InChI is InChI=1S/C6H14N4O2/c1-12-6(11)5(8)4-10(9)3-2-7/h4H,2-3,7-9H2,1H3/b5-4-. The van der Waals surface area contributed by atoms with Gasteiger partial charge in [-0.2, -0.15) is 0 Å². The minimum atomic E-state index is -0.609. The van der Waals surface area contributed by atoms with E-state index in [1.807, 2.05) is 0 Å². The van der Waals surface area contributed by atoms with Crippen LogP contribution in [0.2, 0.25) is 0 Å². The number of esters is 1. The molecule has 0 saturated carbocycles. The largest absolute Gasteiger partial charge is 0.464 e. The van der Waals surface area contributed by atoms with Crippen LogP contribution in [0.1, 0.15) is 0 Å². The van der Waals surface area contributed by atoms with Gasteiger partial charge in [0.15, 0.2) is 0 Å². The van der Waals surface area contributed by atoms with Gasteiger partial charge in [0.2, 0.25) is 0 Å². The summed E-state index contributed by atoms with van der Waals surface area (Å²) in [6.07, 6.45) is 1.28. The molecule has 0 rings (SSSR count). The highest BCUT2D eigenvalue weighted by atomic mass is 16.5. The topological polar surface area (TPSA) is 108 Å². The van der Waals surface area contributed by atoms with Gasteiger partial charge in [0.05, 0.1) is 7.11 Å². The van der Waals surface area contributed by atoms with Crippen LogP contribution in [0.3, 0.4) is 0 Å². The van der Waals surface area contributed by atoms with E-state index in [4.69, 9.17) is 17.3 Å². The van der Waals surface area contributed by atoms with Crippen molar-refractivity contribution < 1.29 is 9.53 Å². The Morgan fingerprint density at radius 1 is 1.67 bits per heavy atom. The average Bonchev–Trinajstić information content (AvgIpc) is 2.03. The molecule has 0 unspecified atom stereocenters. The molecule has 0 aromatic heterocycles. The molecular weight excluding hydrogens is 160 g/mol. The number of hydrogen-bond donors (Lipinski definition) is 3. The number of hydrogen-bond acceptors (Lipinski definition) is 6. The highest BCUT2D eigenvalue weighted by molar-refractivity contribution is 5.86. The van der Waals surface area contributed by atoms with Crippen molar-refractivity contribution in [3.63, 3.8) is 0 Å². The zero-order chi connectivity index (χ0) is 9.56. The molecule has 0 atom stereocenters. The second-order valence-corrected chi connectivity index (χ2v) is 2.10. The van der Waals surface area contributed by atoms with Crippen LogP contribution in [0.4, 0.5) is 0 Å². The van der Waals surface area contributed by atoms with Crippen LogP contribution in [-0.2, 0) is 9.53 Å². The van der Waals surface area contributed by atoms with Crippen molar-refractivity contribution >= 4 is 5.97 Å². The lowest BCUT2D eigenvalue weighted by molar-refractivity contribution is -0.136. The van der Waals surface area contributed by atoms with Crippen molar-refractivity contribution in [2.45, 2.75) is 0 Å². The van der Waals surface area contributed by atoms with Gasteiger partial charge in [0.1, 0.15) is 5.70 Å². The Bertz CT molecular complexity index is 180. The zero-order valence-electron chi connectivity index (χ0n) is 6.99. The van der Waals surface area contributed by atoms with Gasteiger partial charge in [0.25, 0.3) is 0 Å². The Morgan fingerprint density at radius 2 is 2.25 bits per heavy atom. The lowest BCUT2D eigenvalue weighted by Crippen LogP contribution is -2.32. The molecule has 6 heteroatoms. The normalized spacial score (nSPS) is 11.1. The van der Waals surface area contributed by atoms with Crippen molar-refractivity contribution in [3.05, 3.63) is 11.9 Å². The number of rotatable bonds is 4. The Labute approximate surface area is 70.9 Å². The first-order valence-corrected chi connectivity index (χ1v) is 3.38. The van der Waals surface area contributed by atoms with Crippen LogP contribution in [0, 0.1) is 0 Å². The zero-order valence-corrected chi connectivity index (χ0v) is 6.99. The van der Waals surface area contributed by atoms with E-state index in [-0.39, 0.29) is 5.70 Å².